The van der Waals surface area contributed by atoms with Crippen LogP contribution in [0.3, 0.4) is 0 Å². The average molecular weight is 415 g/mol. The second kappa shape index (κ2) is 7.05. The highest BCUT2D eigenvalue weighted by molar-refractivity contribution is 7.85. The van der Waals surface area contributed by atoms with Crippen LogP contribution in [0.2, 0.25) is 0 Å². The van der Waals surface area contributed by atoms with Crippen LogP contribution in [0.15, 0.2) is 24.0 Å². The summed E-state index contributed by atoms with van der Waals surface area (Å²) < 4.78 is 32.2. The minimum atomic E-state index is -0.750. The molecule has 1 aliphatic heterocycles. The van der Waals surface area contributed by atoms with Crippen molar-refractivity contribution in [2.45, 2.75) is 31.8 Å². The van der Waals surface area contributed by atoms with Gasteiger partial charge in [0, 0.05) is 53.1 Å². The van der Waals surface area contributed by atoms with Gasteiger partial charge in [-0.25, -0.2) is 14.4 Å². The third kappa shape index (κ3) is 3.71. The van der Waals surface area contributed by atoms with Crippen molar-refractivity contribution in [3.63, 3.8) is 0 Å². The fourth-order valence-corrected chi connectivity index (χ4v) is 4.56. The molecule has 3 aliphatic rings. The number of aromatic amines is 1. The lowest BCUT2D eigenvalue weighted by Crippen LogP contribution is -2.38. The Hall–Kier alpha value is -2.55. The van der Waals surface area contributed by atoms with Crippen molar-refractivity contribution in [3.05, 3.63) is 34.5 Å². The van der Waals surface area contributed by atoms with E-state index >= 15 is 0 Å². The van der Waals surface area contributed by atoms with Crippen LogP contribution in [0.5, 0.6) is 0 Å². The van der Waals surface area contributed by atoms with Gasteiger partial charge in [-0.05, 0) is 25.8 Å². The van der Waals surface area contributed by atoms with Crippen molar-refractivity contribution in [1.29, 1.82) is 0 Å². The highest BCUT2D eigenvalue weighted by atomic mass is 32.2. The topological polar surface area (TPSA) is 84.0 Å². The van der Waals surface area contributed by atoms with E-state index < -0.39 is 10.8 Å². The number of allylic oxidation sites excluding steroid dienone is 2. The molecule has 2 aromatic heterocycles. The average Bonchev–Trinajstić information content (AvgIpc) is 3.36. The smallest absolute Gasteiger partial charge is 0.152 e. The summed E-state index contributed by atoms with van der Waals surface area (Å²) in [6, 6.07) is 1.88. The Morgan fingerprint density at radius 2 is 2.07 bits per heavy atom. The van der Waals surface area contributed by atoms with Gasteiger partial charge >= 0.3 is 0 Å². The van der Waals surface area contributed by atoms with Crippen LogP contribution in [-0.2, 0) is 15.5 Å². The highest BCUT2D eigenvalue weighted by Gasteiger charge is 2.41. The molecule has 0 spiro atoms. The van der Waals surface area contributed by atoms with E-state index in [-0.39, 0.29) is 23.6 Å². The van der Waals surface area contributed by atoms with Crippen molar-refractivity contribution in [3.8, 4) is 11.4 Å². The highest BCUT2D eigenvalue weighted by Crippen LogP contribution is 2.41. The molecule has 0 atom stereocenters. The zero-order chi connectivity index (χ0) is 20.0. The van der Waals surface area contributed by atoms with Gasteiger partial charge in [-0.3, -0.25) is 9.31 Å². The van der Waals surface area contributed by atoms with E-state index in [1.54, 1.807) is 12.2 Å². The first-order valence-electron chi connectivity index (χ1n) is 9.77. The number of halogens is 1. The third-order valence-corrected chi connectivity index (χ3v) is 6.84. The Labute approximate surface area is 169 Å². The van der Waals surface area contributed by atoms with E-state index in [1.165, 1.54) is 6.33 Å². The van der Waals surface area contributed by atoms with Crippen molar-refractivity contribution < 1.29 is 13.3 Å². The lowest BCUT2D eigenvalue weighted by atomic mass is 10.2. The molecule has 0 unspecified atom stereocenters. The van der Waals surface area contributed by atoms with E-state index in [9.17, 15) is 8.60 Å². The molecule has 2 fully saturated rings. The number of hydrogen-bond acceptors (Lipinski definition) is 6. The van der Waals surface area contributed by atoms with Crippen molar-refractivity contribution in [2.24, 2.45) is 0 Å². The quantitative estimate of drug-likeness (QED) is 0.807. The Morgan fingerprint density at radius 1 is 1.28 bits per heavy atom. The van der Waals surface area contributed by atoms with Gasteiger partial charge in [-0.1, -0.05) is 6.08 Å². The van der Waals surface area contributed by atoms with Gasteiger partial charge in [-0.15, -0.1) is 0 Å². The van der Waals surface area contributed by atoms with Gasteiger partial charge in [0.2, 0.25) is 0 Å². The van der Waals surface area contributed by atoms with E-state index in [2.05, 4.69) is 25.1 Å². The minimum absolute atomic E-state index is 0.163. The molecule has 1 saturated carbocycles. The summed E-state index contributed by atoms with van der Waals surface area (Å²) in [4.78, 5) is 10.9. The van der Waals surface area contributed by atoms with E-state index in [4.69, 9.17) is 4.74 Å². The number of H-pyrrole nitrogens is 1. The fourth-order valence-electron chi connectivity index (χ4n) is 3.51. The lowest BCUT2D eigenvalue weighted by molar-refractivity contribution is 0.117. The lowest BCUT2D eigenvalue weighted by Gasteiger charge is -2.27. The summed E-state index contributed by atoms with van der Waals surface area (Å²) in [5.41, 5.74) is 1.02. The van der Waals surface area contributed by atoms with Crippen LogP contribution in [0.25, 0.3) is 23.5 Å². The molecule has 152 valence electrons. The third-order valence-electron chi connectivity index (χ3n) is 5.57. The van der Waals surface area contributed by atoms with Crippen LogP contribution in [0, 0.1) is 0 Å². The van der Waals surface area contributed by atoms with Crippen LogP contribution < -0.4 is 15.5 Å². The van der Waals surface area contributed by atoms with Gasteiger partial charge in [-0.2, -0.15) is 5.10 Å². The van der Waals surface area contributed by atoms with Crippen LogP contribution in [-0.4, -0.2) is 54.6 Å². The van der Waals surface area contributed by atoms with Crippen molar-refractivity contribution >= 4 is 28.8 Å². The Balaban J connectivity index is 1.53. The van der Waals surface area contributed by atoms with Crippen LogP contribution in [0.4, 0.5) is 10.2 Å². The Morgan fingerprint density at radius 3 is 2.83 bits per heavy atom. The molecule has 1 saturated heterocycles. The van der Waals surface area contributed by atoms with E-state index in [0.717, 1.165) is 29.2 Å². The summed E-state index contributed by atoms with van der Waals surface area (Å²) in [6.45, 7) is 3.40. The number of nitrogens with one attached hydrogen (secondary N) is 1. The molecule has 0 radical (unpaired) electrons. The molecule has 0 bridgehead atoms. The number of ether oxygens (including phenoxy) is 1. The number of rotatable bonds is 4. The number of hydrogen-bond donors (Lipinski definition) is 1. The Kier molecular flexibility index (Phi) is 4.49. The summed E-state index contributed by atoms with van der Waals surface area (Å²) in [5.74, 6) is 2.06. The molecule has 5 rings (SSSR count). The van der Waals surface area contributed by atoms with E-state index in [1.807, 2.05) is 13.0 Å². The summed E-state index contributed by atoms with van der Waals surface area (Å²) in [5, 5.41) is 8.94. The molecular formula is C20H22FN5O2S. The maximum Gasteiger partial charge on any atom is 0.152 e. The van der Waals surface area contributed by atoms with Crippen LogP contribution >= 0.6 is 0 Å². The first-order valence-corrected chi connectivity index (χ1v) is 11.3. The Bertz CT molecular complexity index is 1130. The molecular weight excluding hydrogens is 393 g/mol. The number of fused-ring (bicyclic) bond motifs is 1. The van der Waals surface area contributed by atoms with Crippen LogP contribution in [0.1, 0.15) is 26.2 Å². The standard InChI is InChI=1S/C20H22FN5O2S/c1-20(4-5-20)28-17-10-13-15(3-2-14(17)21)24-25-19(13)16-11-18(23-12-22-16)26-6-8-29(27)9-7-26/h3,10-12,24H,2,4-9H2,1H3. The maximum absolute atomic E-state index is 14.6. The molecule has 2 aromatic rings. The molecule has 29 heavy (non-hydrogen) atoms. The maximum atomic E-state index is 14.6. The minimum Gasteiger partial charge on any atom is -0.485 e. The van der Waals surface area contributed by atoms with Gasteiger partial charge in [0.05, 0.1) is 11.0 Å². The normalized spacial score (nSPS) is 21.1. The number of anilines is 1. The molecule has 0 amide bonds. The summed E-state index contributed by atoms with van der Waals surface area (Å²) in [7, 11) is -0.750. The zero-order valence-electron chi connectivity index (χ0n) is 16.2. The van der Waals surface area contributed by atoms with Gasteiger partial charge < -0.3 is 9.64 Å². The summed E-state index contributed by atoms with van der Waals surface area (Å²) in [6.07, 6.45) is 7.05. The van der Waals surface area contributed by atoms with Crippen molar-refractivity contribution in [1.82, 2.24) is 20.2 Å². The predicted molar refractivity (Wildman–Crippen MR) is 109 cm³/mol. The number of aromatic nitrogens is 4. The fraction of sp³-hybridized carbons (Fsp3) is 0.450. The molecule has 2 aliphatic carbocycles. The SMILES string of the molecule is CC1(OC2=C(F)CC=c3[nH]nc(-c4cc(N5CCS(=O)CC5)ncn4)c3=C2)CC1. The molecule has 1 N–H and O–H groups in total. The first kappa shape index (κ1) is 18.5. The second-order valence-corrected chi connectivity index (χ2v) is 9.57. The predicted octanol–water partition coefficient (Wildman–Crippen LogP) is 1.15. The van der Waals surface area contributed by atoms with Gasteiger partial charge in [0.25, 0.3) is 0 Å². The van der Waals surface area contributed by atoms with E-state index in [0.29, 0.717) is 36.0 Å². The monoisotopic (exact) mass is 415 g/mol. The van der Waals surface area contributed by atoms with Gasteiger partial charge in [0.15, 0.2) is 5.76 Å². The first-order chi connectivity index (χ1) is 14.0. The zero-order valence-corrected chi connectivity index (χ0v) is 17.0. The summed E-state index contributed by atoms with van der Waals surface area (Å²) >= 11 is 0. The second-order valence-electron chi connectivity index (χ2n) is 7.87. The molecule has 7 nitrogen and oxygen atoms in total. The molecule has 9 heteroatoms. The largest absolute Gasteiger partial charge is 0.485 e. The molecule has 0 aromatic carbocycles. The van der Waals surface area contributed by atoms with Crippen molar-refractivity contribution in [2.75, 3.05) is 29.5 Å². The number of nitrogens with zero attached hydrogens (tertiary/aromatic N) is 4. The molecule has 3 heterocycles. The van der Waals surface area contributed by atoms with Gasteiger partial charge in [0.1, 0.15) is 29.3 Å².